The van der Waals surface area contributed by atoms with Crippen LogP contribution in [0.25, 0.3) is 33.8 Å². The number of carbonyl (C=O) groups is 4. The minimum atomic E-state index is -0.0204. The van der Waals surface area contributed by atoms with Crippen LogP contribution in [0.4, 0.5) is 17.6 Å². The highest BCUT2D eigenvalue weighted by molar-refractivity contribution is 5.96. The molecule has 2 saturated heterocycles. The summed E-state index contributed by atoms with van der Waals surface area (Å²) in [6.07, 6.45) is 8.72. The second-order valence-electron chi connectivity index (χ2n) is 20.3. The van der Waals surface area contributed by atoms with Crippen LogP contribution in [0.2, 0.25) is 0 Å². The maximum absolute atomic E-state index is 13.6. The monoisotopic (exact) mass is 984 g/mol. The van der Waals surface area contributed by atoms with E-state index in [0.717, 1.165) is 79.9 Å². The fourth-order valence-corrected chi connectivity index (χ4v) is 9.86. The molecule has 15 nitrogen and oxygen atoms in total. The highest BCUT2D eigenvalue weighted by Crippen LogP contribution is 2.32. The van der Waals surface area contributed by atoms with E-state index in [2.05, 4.69) is 87.7 Å². The molecule has 2 aliphatic carbocycles. The van der Waals surface area contributed by atoms with Gasteiger partial charge in [-0.05, 0) is 143 Å². The summed E-state index contributed by atoms with van der Waals surface area (Å²) >= 11 is 0. The first-order valence-corrected chi connectivity index (χ1v) is 26.4. The summed E-state index contributed by atoms with van der Waals surface area (Å²) in [4.78, 5) is 66.0. The third kappa shape index (κ3) is 12.1. The lowest BCUT2D eigenvalue weighted by Crippen LogP contribution is -2.42. The number of rotatable bonds is 12. The summed E-state index contributed by atoms with van der Waals surface area (Å²) in [5.74, 6) is 1.95. The molecule has 6 heterocycles. The van der Waals surface area contributed by atoms with Gasteiger partial charge in [0, 0.05) is 78.5 Å². The van der Waals surface area contributed by atoms with Crippen LogP contribution in [0.1, 0.15) is 119 Å². The molecule has 11 rings (SSSR count). The fourth-order valence-electron chi connectivity index (χ4n) is 9.86. The second kappa shape index (κ2) is 22.6. The van der Waals surface area contributed by atoms with E-state index in [-0.39, 0.29) is 41.5 Å². The molecule has 380 valence electrons. The number of carbonyl (C=O) groups excluding carboxylic acids is 4. The van der Waals surface area contributed by atoms with Crippen LogP contribution in [0.15, 0.2) is 109 Å². The third-order valence-electron chi connectivity index (χ3n) is 14.0. The van der Waals surface area contributed by atoms with Crippen molar-refractivity contribution in [3.8, 4) is 22.5 Å². The number of pyridine rings is 2. The molecule has 4 aromatic heterocycles. The lowest BCUT2D eigenvalue weighted by Gasteiger charge is -2.35. The van der Waals surface area contributed by atoms with Gasteiger partial charge >= 0.3 is 0 Å². The lowest BCUT2D eigenvalue weighted by atomic mass is 9.91. The molecule has 0 spiro atoms. The van der Waals surface area contributed by atoms with Gasteiger partial charge in [-0.2, -0.15) is 9.97 Å². The number of anilines is 3. The zero-order valence-corrected chi connectivity index (χ0v) is 43.1. The Morgan fingerprint density at radius 3 is 1.56 bits per heavy atom. The number of benzene rings is 3. The summed E-state index contributed by atoms with van der Waals surface area (Å²) in [5.41, 5.74) is 8.61. The van der Waals surface area contributed by atoms with E-state index >= 15 is 0 Å². The van der Waals surface area contributed by atoms with Crippen LogP contribution in [0.3, 0.4) is 0 Å². The molecule has 2 N–H and O–H groups in total. The number of aromatic nitrogens is 6. The van der Waals surface area contributed by atoms with Crippen LogP contribution in [0.5, 0.6) is 0 Å². The standard InChI is InChI=1S/C32H36N6O2.C24H27N5O2.C2H6/c1-22(2)37(21-23-9-17-27(18-10-23)36-19-4-3-5-20-36)31(40)26-15-11-24(12-16-26)28-7-6-8-29-33-32(35-38(28)29)34-30(39)25-13-14-25;1-15-12-16(2)14-28(13-15)23(31)19-10-6-17(7-11-19)20-4-3-5-21-25-24(27-29(20)21)26-22(30)18-8-9-18;1-2/h6-12,15-18,22,25H,3-5,13-14,19-21H2,1-2H3,(H,34,35,39);3-7,10-11,15-16,18H,8-9,12-14H2,1-2H3,(H,26,27,30);1-2H3. The first kappa shape index (κ1) is 50.5. The Kier molecular flexibility index (Phi) is 15.6. The van der Waals surface area contributed by atoms with E-state index < -0.39 is 0 Å². The number of hydrogen-bond donors (Lipinski definition) is 2. The van der Waals surface area contributed by atoms with Crippen molar-refractivity contribution >= 4 is 52.5 Å². The van der Waals surface area contributed by atoms with Crippen molar-refractivity contribution < 1.29 is 19.2 Å². The van der Waals surface area contributed by atoms with E-state index in [1.54, 1.807) is 9.03 Å². The van der Waals surface area contributed by atoms with E-state index in [1.807, 2.05) is 109 Å². The van der Waals surface area contributed by atoms with Gasteiger partial charge in [-0.3, -0.25) is 29.8 Å². The number of likely N-dealkylation sites (tertiary alicyclic amines) is 1. The number of hydrogen-bond acceptors (Lipinski definition) is 9. The highest BCUT2D eigenvalue weighted by Gasteiger charge is 2.32. The van der Waals surface area contributed by atoms with Crippen molar-refractivity contribution in [3.05, 3.63) is 126 Å². The van der Waals surface area contributed by atoms with Gasteiger partial charge in [-0.1, -0.05) is 76.2 Å². The number of nitrogens with zero attached hydrogens (tertiary/aromatic N) is 9. The second-order valence-corrected chi connectivity index (χ2v) is 20.3. The molecule has 4 aliphatic rings. The Hall–Kier alpha value is -7.42. The summed E-state index contributed by atoms with van der Waals surface area (Å²) in [5, 5.41) is 14.6. The molecule has 0 radical (unpaired) electrons. The van der Waals surface area contributed by atoms with Crippen molar-refractivity contribution in [2.45, 2.75) is 105 Å². The molecule has 15 heteroatoms. The Morgan fingerprint density at radius 2 is 1.10 bits per heavy atom. The normalized spacial score (nSPS) is 17.6. The van der Waals surface area contributed by atoms with Gasteiger partial charge in [0.15, 0.2) is 11.3 Å². The first-order valence-electron chi connectivity index (χ1n) is 26.4. The molecule has 4 fully saturated rings. The molecule has 73 heavy (non-hydrogen) atoms. The number of amides is 4. The van der Waals surface area contributed by atoms with Crippen molar-refractivity contribution in [1.29, 1.82) is 0 Å². The number of nitrogens with one attached hydrogen (secondary N) is 2. The van der Waals surface area contributed by atoms with Crippen LogP contribution in [-0.2, 0) is 16.1 Å². The van der Waals surface area contributed by atoms with Crippen molar-refractivity contribution in [2.75, 3.05) is 41.7 Å². The first-order chi connectivity index (χ1) is 35.4. The molecule has 2 atom stereocenters. The molecule has 4 amide bonds. The van der Waals surface area contributed by atoms with Crippen LogP contribution in [0, 0.1) is 23.7 Å². The molecular weight excluding hydrogens is 915 g/mol. The van der Waals surface area contributed by atoms with Gasteiger partial charge < -0.3 is 14.7 Å². The van der Waals surface area contributed by atoms with Crippen LogP contribution >= 0.6 is 0 Å². The van der Waals surface area contributed by atoms with Gasteiger partial charge in [0.05, 0.1) is 11.4 Å². The van der Waals surface area contributed by atoms with E-state index in [1.165, 1.54) is 31.4 Å². The Balaban J connectivity index is 0.000000179. The summed E-state index contributed by atoms with van der Waals surface area (Å²) < 4.78 is 3.46. The average Bonchev–Trinajstić information content (AvgIpc) is 4.36. The quantitative estimate of drug-likeness (QED) is 0.121. The maximum Gasteiger partial charge on any atom is 0.254 e. The van der Waals surface area contributed by atoms with Crippen LogP contribution < -0.4 is 15.5 Å². The largest absolute Gasteiger partial charge is 0.372 e. The van der Waals surface area contributed by atoms with Crippen molar-refractivity contribution in [3.63, 3.8) is 0 Å². The molecule has 2 unspecified atom stereocenters. The number of fused-ring (bicyclic) bond motifs is 2. The molecular formula is C58H69N11O4. The smallest absolute Gasteiger partial charge is 0.254 e. The highest BCUT2D eigenvalue weighted by atomic mass is 16.2. The van der Waals surface area contributed by atoms with E-state index in [9.17, 15) is 19.2 Å². The van der Waals surface area contributed by atoms with Gasteiger partial charge in [0.2, 0.25) is 23.7 Å². The Bertz CT molecular complexity index is 3030. The summed E-state index contributed by atoms with van der Waals surface area (Å²) in [6.45, 7) is 17.0. The van der Waals surface area contributed by atoms with Gasteiger partial charge in [-0.15, -0.1) is 10.2 Å². The average molecular weight is 984 g/mol. The molecule has 2 saturated carbocycles. The SMILES string of the molecule is CC.CC(C)N(Cc1ccc(N2CCCCC2)cc1)C(=O)c1ccc(-c2cccc3nc(NC(=O)C4CC4)nn23)cc1.CC1CC(C)CN(C(=O)c2ccc(-c3cccc4nc(NC(=O)C5CC5)nn34)cc2)C1. The minimum Gasteiger partial charge on any atom is -0.372 e. The molecule has 2 aliphatic heterocycles. The minimum absolute atomic E-state index is 0.00527. The lowest BCUT2D eigenvalue weighted by molar-refractivity contribution is -0.118. The Morgan fingerprint density at radius 1 is 0.616 bits per heavy atom. The maximum atomic E-state index is 13.6. The van der Waals surface area contributed by atoms with Crippen LogP contribution in [-0.4, -0.2) is 94.8 Å². The van der Waals surface area contributed by atoms with E-state index in [4.69, 9.17) is 0 Å². The summed E-state index contributed by atoms with van der Waals surface area (Å²) in [7, 11) is 0. The van der Waals surface area contributed by atoms with Crippen molar-refractivity contribution in [2.24, 2.45) is 23.7 Å². The third-order valence-corrected chi connectivity index (χ3v) is 14.0. The topological polar surface area (TPSA) is 162 Å². The van der Waals surface area contributed by atoms with Gasteiger partial charge in [-0.25, -0.2) is 9.03 Å². The predicted molar refractivity (Wildman–Crippen MR) is 287 cm³/mol. The molecule has 3 aromatic carbocycles. The fraction of sp³-hybridized carbons (Fsp3) is 0.414. The zero-order valence-electron chi connectivity index (χ0n) is 43.1. The zero-order chi connectivity index (χ0) is 51.2. The van der Waals surface area contributed by atoms with Crippen molar-refractivity contribution in [1.82, 2.24) is 39.0 Å². The van der Waals surface area contributed by atoms with Gasteiger partial charge in [0.25, 0.3) is 11.8 Å². The predicted octanol–water partition coefficient (Wildman–Crippen LogP) is 10.7. The molecule has 7 aromatic rings. The van der Waals surface area contributed by atoms with E-state index in [0.29, 0.717) is 52.7 Å². The Labute approximate surface area is 428 Å². The molecule has 0 bridgehead atoms. The van der Waals surface area contributed by atoms with Gasteiger partial charge in [0.1, 0.15) is 0 Å². The number of piperidine rings is 2. The summed E-state index contributed by atoms with van der Waals surface area (Å²) in [6, 6.07) is 35.5.